The van der Waals surface area contributed by atoms with Gasteiger partial charge in [-0.3, -0.25) is 0 Å². The molecular weight excluding hydrogens is 302 g/mol. The summed E-state index contributed by atoms with van der Waals surface area (Å²) in [4.78, 5) is 1.11. The van der Waals surface area contributed by atoms with E-state index in [1.54, 1.807) is 11.8 Å². The number of ether oxygens (including phenoxy) is 1. The van der Waals surface area contributed by atoms with E-state index in [0.717, 1.165) is 27.0 Å². The number of hydrogen-bond acceptors (Lipinski definition) is 3. The molecule has 1 N–H and O–H groups in total. The van der Waals surface area contributed by atoms with Crippen molar-refractivity contribution in [1.82, 2.24) is 5.32 Å². The van der Waals surface area contributed by atoms with Crippen LogP contribution in [0.1, 0.15) is 19.4 Å². The quantitative estimate of drug-likeness (QED) is 0.724. The second-order valence-electron chi connectivity index (χ2n) is 5.01. The lowest BCUT2D eigenvalue weighted by molar-refractivity contribution is 0.459. The molecular formula is C17H20ClNOS. The van der Waals surface area contributed by atoms with Gasteiger partial charge in [-0.1, -0.05) is 43.6 Å². The van der Waals surface area contributed by atoms with E-state index in [0.29, 0.717) is 12.6 Å². The van der Waals surface area contributed by atoms with Gasteiger partial charge in [0.05, 0.1) is 0 Å². The maximum Gasteiger partial charge on any atom is 0.140 e. The third-order valence-electron chi connectivity index (χ3n) is 3.05. The highest BCUT2D eigenvalue weighted by molar-refractivity contribution is 7.98. The van der Waals surface area contributed by atoms with Gasteiger partial charge >= 0.3 is 0 Å². The molecule has 0 amide bonds. The van der Waals surface area contributed by atoms with Crippen LogP contribution >= 0.6 is 23.4 Å². The van der Waals surface area contributed by atoms with Gasteiger partial charge in [0.1, 0.15) is 11.5 Å². The summed E-state index contributed by atoms with van der Waals surface area (Å²) in [6, 6.07) is 14.2. The monoisotopic (exact) mass is 321 g/mol. The zero-order chi connectivity index (χ0) is 15.2. The van der Waals surface area contributed by atoms with Gasteiger partial charge in [0, 0.05) is 28.1 Å². The second-order valence-corrected chi connectivity index (χ2v) is 6.26. The SMILES string of the molecule is CSc1ccccc1Oc1cccc(Cl)c1CNC(C)C. The van der Waals surface area contributed by atoms with E-state index < -0.39 is 0 Å². The van der Waals surface area contributed by atoms with E-state index in [1.807, 2.05) is 42.7 Å². The van der Waals surface area contributed by atoms with E-state index >= 15 is 0 Å². The molecule has 0 spiro atoms. The molecule has 112 valence electrons. The Morgan fingerprint density at radius 3 is 2.52 bits per heavy atom. The third kappa shape index (κ3) is 4.40. The molecule has 0 heterocycles. The molecule has 2 nitrogen and oxygen atoms in total. The van der Waals surface area contributed by atoms with Gasteiger partial charge in [-0.2, -0.15) is 0 Å². The molecule has 0 radical (unpaired) electrons. The summed E-state index contributed by atoms with van der Waals surface area (Å²) in [5, 5.41) is 4.11. The first-order valence-electron chi connectivity index (χ1n) is 6.93. The van der Waals surface area contributed by atoms with Gasteiger partial charge in [-0.15, -0.1) is 11.8 Å². The molecule has 2 rings (SSSR count). The highest BCUT2D eigenvalue weighted by Crippen LogP contribution is 2.35. The van der Waals surface area contributed by atoms with Crippen LogP contribution in [0.5, 0.6) is 11.5 Å². The fourth-order valence-corrected chi connectivity index (χ4v) is 2.69. The summed E-state index contributed by atoms with van der Waals surface area (Å²) in [6.07, 6.45) is 2.04. The molecule has 0 saturated carbocycles. The van der Waals surface area contributed by atoms with Crippen molar-refractivity contribution < 1.29 is 4.74 Å². The molecule has 0 aliphatic carbocycles. The van der Waals surface area contributed by atoms with Gasteiger partial charge in [0.2, 0.25) is 0 Å². The van der Waals surface area contributed by atoms with E-state index in [9.17, 15) is 0 Å². The number of thioether (sulfide) groups is 1. The highest BCUT2D eigenvalue weighted by atomic mass is 35.5. The van der Waals surface area contributed by atoms with Gasteiger partial charge in [0.15, 0.2) is 0 Å². The minimum Gasteiger partial charge on any atom is -0.456 e. The van der Waals surface area contributed by atoms with Crippen LogP contribution in [0.2, 0.25) is 5.02 Å². The van der Waals surface area contributed by atoms with Crippen molar-refractivity contribution in [2.75, 3.05) is 6.26 Å². The van der Waals surface area contributed by atoms with Gasteiger partial charge in [-0.25, -0.2) is 0 Å². The van der Waals surface area contributed by atoms with E-state index in [2.05, 4.69) is 25.2 Å². The summed E-state index contributed by atoms with van der Waals surface area (Å²) < 4.78 is 6.10. The third-order valence-corrected chi connectivity index (χ3v) is 4.18. The first-order valence-corrected chi connectivity index (χ1v) is 8.53. The van der Waals surface area contributed by atoms with Gasteiger partial charge in [0.25, 0.3) is 0 Å². The summed E-state index contributed by atoms with van der Waals surface area (Å²) in [5.74, 6) is 1.66. The standard InChI is InChI=1S/C17H20ClNOS/c1-12(2)19-11-13-14(18)7-6-9-15(13)20-16-8-4-5-10-17(16)21-3/h4-10,12,19H,11H2,1-3H3. The van der Waals surface area contributed by atoms with Crippen LogP contribution in [-0.4, -0.2) is 12.3 Å². The van der Waals surface area contributed by atoms with Crippen molar-refractivity contribution in [3.63, 3.8) is 0 Å². The minimum atomic E-state index is 0.396. The molecule has 4 heteroatoms. The maximum atomic E-state index is 6.33. The number of hydrogen-bond donors (Lipinski definition) is 1. The Labute approximate surface area is 135 Å². The molecule has 0 bridgehead atoms. The van der Waals surface area contributed by atoms with Crippen molar-refractivity contribution in [3.05, 3.63) is 53.1 Å². The Kier molecular flexibility index (Phi) is 5.97. The molecule has 0 unspecified atom stereocenters. The Balaban J connectivity index is 2.29. The largest absolute Gasteiger partial charge is 0.456 e. The Bertz CT molecular complexity index is 601. The van der Waals surface area contributed by atoms with Crippen LogP contribution in [0.25, 0.3) is 0 Å². The number of rotatable bonds is 6. The molecule has 0 atom stereocenters. The average Bonchev–Trinajstić information content (AvgIpc) is 2.47. The molecule has 0 aromatic heterocycles. The Hall–Kier alpha value is -1.16. The molecule has 2 aromatic carbocycles. The fourth-order valence-electron chi connectivity index (χ4n) is 1.93. The smallest absolute Gasteiger partial charge is 0.140 e. The van der Waals surface area contributed by atoms with Crippen molar-refractivity contribution >= 4 is 23.4 Å². The van der Waals surface area contributed by atoms with Gasteiger partial charge in [-0.05, 0) is 30.5 Å². The van der Waals surface area contributed by atoms with Crippen LogP contribution in [0.3, 0.4) is 0 Å². The summed E-state index contributed by atoms with van der Waals surface area (Å²) in [5.41, 5.74) is 0.990. The Morgan fingerprint density at radius 1 is 1.10 bits per heavy atom. The zero-order valence-electron chi connectivity index (χ0n) is 12.5. The zero-order valence-corrected chi connectivity index (χ0v) is 14.1. The fraction of sp³-hybridized carbons (Fsp3) is 0.294. The number of nitrogens with one attached hydrogen (secondary N) is 1. The molecule has 0 fully saturated rings. The van der Waals surface area contributed by atoms with E-state index in [4.69, 9.17) is 16.3 Å². The van der Waals surface area contributed by atoms with E-state index in [-0.39, 0.29) is 0 Å². The number of para-hydroxylation sites is 1. The lowest BCUT2D eigenvalue weighted by Crippen LogP contribution is -2.22. The van der Waals surface area contributed by atoms with Crippen molar-refractivity contribution in [2.24, 2.45) is 0 Å². The molecule has 0 saturated heterocycles. The van der Waals surface area contributed by atoms with Crippen LogP contribution in [-0.2, 0) is 6.54 Å². The van der Waals surface area contributed by atoms with Crippen molar-refractivity contribution in [3.8, 4) is 11.5 Å². The van der Waals surface area contributed by atoms with Crippen LogP contribution in [0, 0.1) is 0 Å². The average molecular weight is 322 g/mol. The summed E-state index contributed by atoms with van der Waals surface area (Å²) in [6.45, 7) is 4.91. The normalized spacial score (nSPS) is 10.9. The highest BCUT2D eigenvalue weighted by Gasteiger charge is 2.11. The first-order chi connectivity index (χ1) is 10.1. The topological polar surface area (TPSA) is 21.3 Å². The minimum absolute atomic E-state index is 0.396. The molecule has 0 aliphatic rings. The van der Waals surface area contributed by atoms with Crippen molar-refractivity contribution in [1.29, 1.82) is 0 Å². The maximum absolute atomic E-state index is 6.33. The van der Waals surface area contributed by atoms with E-state index in [1.165, 1.54) is 0 Å². The molecule has 2 aromatic rings. The van der Waals surface area contributed by atoms with Gasteiger partial charge < -0.3 is 10.1 Å². The summed E-state index contributed by atoms with van der Waals surface area (Å²) in [7, 11) is 0. The lowest BCUT2D eigenvalue weighted by atomic mass is 10.2. The predicted molar refractivity (Wildman–Crippen MR) is 91.7 cm³/mol. The number of benzene rings is 2. The Morgan fingerprint density at radius 2 is 1.81 bits per heavy atom. The van der Waals surface area contributed by atoms with Crippen LogP contribution < -0.4 is 10.1 Å². The van der Waals surface area contributed by atoms with Crippen LogP contribution in [0.15, 0.2) is 47.4 Å². The lowest BCUT2D eigenvalue weighted by Gasteiger charge is -2.16. The van der Waals surface area contributed by atoms with Crippen LogP contribution in [0.4, 0.5) is 0 Å². The summed E-state index contributed by atoms with van der Waals surface area (Å²) >= 11 is 8.00. The first kappa shape index (κ1) is 16.2. The molecule has 21 heavy (non-hydrogen) atoms. The van der Waals surface area contributed by atoms with Crippen molar-refractivity contribution in [2.45, 2.75) is 31.3 Å². The molecule has 0 aliphatic heterocycles. The predicted octanol–water partition coefficient (Wildman–Crippen LogP) is 5.35. The second kappa shape index (κ2) is 7.74. The number of halogens is 1.